The molecule has 0 aromatic carbocycles. The molecule has 1 aliphatic carbocycles. The van der Waals surface area contributed by atoms with Crippen LogP contribution in [0.1, 0.15) is 58.2 Å². The fraction of sp³-hybridized carbons (Fsp3) is 0.567. The van der Waals surface area contributed by atoms with E-state index in [-0.39, 0.29) is 35.7 Å². The molecular formula is C30H41N7O4. The molecule has 0 unspecified atom stereocenters. The zero-order valence-corrected chi connectivity index (χ0v) is 24.0. The monoisotopic (exact) mass is 563 g/mol. The molecule has 1 saturated carbocycles. The minimum atomic E-state index is -0.0563. The van der Waals surface area contributed by atoms with Crippen LogP contribution in [0.5, 0.6) is 0 Å². The number of amides is 2. The average Bonchev–Trinajstić information content (AvgIpc) is 3.38. The van der Waals surface area contributed by atoms with E-state index < -0.39 is 0 Å². The maximum Gasteiger partial charge on any atom is 0.228 e. The third-order valence-corrected chi connectivity index (χ3v) is 7.92. The highest BCUT2D eigenvalue weighted by molar-refractivity contribution is 5.93. The second kappa shape index (κ2) is 14.0. The zero-order valence-electron chi connectivity index (χ0n) is 24.0. The molecule has 220 valence electrons. The predicted molar refractivity (Wildman–Crippen MR) is 155 cm³/mol. The van der Waals surface area contributed by atoms with E-state index >= 15 is 0 Å². The molecule has 11 nitrogen and oxygen atoms in total. The van der Waals surface area contributed by atoms with E-state index in [1.807, 2.05) is 24.4 Å². The van der Waals surface area contributed by atoms with Crippen molar-refractivity contribution >= 4 is 23.1 Å². The highest BCUT2D eigenvalue weighted by Crippen LogP contribution is 2.29. The van der Waals surface area contributed by atoms with Gasteiger partial charge in [0, 0.05) is 80.5 Å². The fourth-order valence-corrected chi connectivity index (χ4v) is 5.30. The molecule has 0 bridgehead atoms. The van der Waals surface area contributed by atoms with Gasteiger partial charge in [-0.25, -0.2) is 14.5 Å². The van der Waals surface area contributed by atoms with Crippen LogP contribution in [-0.4, -0.2) is 69.8 Å². The number of pyridine rings is 1. The molecule has 1 saturated heterocycles. The molecule has 3 aromatic rings. The first-order chi connectivity index (χ1) is 20.0. The van der Waals surface area contributed by atoms with Crippen molar-refractivity contribution in [2.75, 3.05) is 31.7 Å². The van der Waals surface area contributed by atoms with Gasteiger partial charge in [0.1, 0.15) is 6.61 Å². The van der Waals surface area contributed by atoms with Crippen LogP contribution in [0.4, 0.5) is 5.82 Å². The lowest BCUT2D eigenvalue weighted by Crippen LogP contribution is -2.52. The van der Waals surface area contributed by atoms with E-state index in [1.54, 1.807) is 16.9 Å². The SMILES string of the molecule is CCCOCc1ncc(-c2ccn3nc(NC(=O)[C@H]4C[C@@H](N[C@@H](CC)CNC(=O)C5CCOCC5)C4)cc3c2)cn1. The number of hydrogen-bond donors (Lipinski definition) is 3. The van der Waals surface area contributed by atoms with Gasteiger partial charge in [-0.2, -0.15) is 5.10 Å². The van der Waals surface area contributed by atoms with Crippen LogP contribution in [0.2, 0.25) is 0 Å². The standard InChI is InChI=1S/C30H41N7O4/c1-3-9-41-19-28-31-16-23(17-32-28)21-5-8-37-26(14-21)15-27(36-37)35-30(39)22-12-25(13-22)34-24(4-2)18-33-29(38)20-6-10-40-11-7-20/h5,8,14-17,20,22,24-25,34H,3-4,6-7,9-13,18-19H2,1-2H3,(H,33,38)(H,35,36,39)/t22-,24-,25+/m0/s1. The second-order valence-corrected chi connectivity index (χ2v) is 11.0. The Balaban J connectivity index is 1.08. The van der Waals surface area contributed by atoms with Gasteiger partial charge in [0.05, 0.1) is 5.52 Å². The van der Waals surface area contributed by atoms with Crippen LogP contribution in [-0.2, 0) is 25.7 Å². The Morgan fingerprint density at radius 1 is 1.07 bits per heavy atom. The van der Waals surface area contributed by atoms with Crippen LogP contribution >= 0.6 is 0 Å². The molecule has 1 atom stereocenters. The second-order valence-electron chi connectivity index (χ2n) is 11.0. The first-order valence-corrected chi connectivity index (χ1v) is 14.8. The molecule has 2 amide bonds. The summed E-state index contributed by atoms with van der Waals surface area (Å²) in [5.41, 5.74) is 2.74. The summed E-state index contributed by atoms with van der Waals surface area (Å²) in [6.45, 7) is 7.21. The van der Waals surface area contributed by atoms with Crippen LogP contribution in [0.25, 0.3) is 16.6 Å². The maximum absolute atomic E-state index is 12.9. The fourth-order valence-electron chi connectivity index (χ4n) is 5.30. The number of ether oxygens (including phenoxy) is 2. The number of anilines is 1. The number of aromatic nitrogens is 4. The van der Waals surface area contributed by atoms with Gasteiger partial charge in [-0.15, -0.1) is 0 Å². The summed E-state index contributed by atoms with van der Waals surface area (Å²) in [5, 5.41) is 14.2. The molecule has 2 fully saturated rings. The smallest absolute Gasteiger partial charge is 0.228 e. The summed E-state index contributed by atoms with van der Waals surface area (Å²) in [5.74, 6) is 1.30. The van der Waals surface area contributed by atoms with Crippen LogP contribution in [0.15, 0.2) is 36.8 Å². The lowest BCUT2D eigenvalue weighted by molar-refractivity contribution is -0.127. The number of fused-ring (bicyclic) bond motifs is 1. The van der Waals surface area contributed by atoms with E-state index in [0.29, 0.717) is 44.6 Å². The van der Waals surface area contributed by atoms with Gasteiger partial charge in [0.15, 0.2) is 11.6 Å². The summed E-state index contributed by atoms with van der Waals surface area (Å²) in [4.78, 5) is 34.2. The van der Waals surface area contributed by atoms with E-state index in [4.69, 9.17) is 9.47 Å². The Bertz CT molecular complexity index is 1300. The summed E-state index contributed by atoms with van der Waals surface area (Å²) in [6.07, 6.45) is 10.5. The normalized spacial score (nSPS) is 20.0. The van der Waals surface area contributed by atoms with E-state index in [1.165, 1.54) is 0 Å². The zero-order chi connectivity index (χ0) is 28.6. The first-order valence-electron chi connectivity index (χ1n) is 14.8. The quantitative estimate of drug-likeness (QED) is 0.270. The van der Waals surface area contributed by atoms with Crippen LogP contribution < -0.4 is 16.0 Å². The highest BCUT2D eigenvalue weighted by Gasteiger charge is 2.35. The van der Waals surface area contributed by atoms with Gasteiger partial charge >= 0.3 is 0 Å². The van der Waals surface area contributed by atoms with Crippen LogP contribution in [0, 0.1) is 11.8 Å². The van der Waals surface area contributed by atoms with Gasteiger partial charge in [-0.05, 0) is 56.2 Å². The van der Waals surface area contributed by atoms with Gasteiger partial charge in [-0.3, -0.25) is 9.59 Å². The Morgan fingerprint density at radius 3 is 2.59 bits per heavy atom. The molecule has 1 aliphatic heterocycles. The van der Waals surface area contributed by atoms with Crippen molar-refractivity contribution in [2.45, 2.75) is 71.1 Å². The lowest BCUT2D eigenvalue weighted by atomic mass is 9.79. The van der Waals surface area contributed by atoms with Gasteiger partial charge in [0.25, 0.3) is 0 Å². The topological polar surface area (TPSA) is 132 Å². The summed E-state index contributed by atoms with van der Waals surface area (Å²) in [7, 11) is 0. The Labute approximate surface area is 240 Å². The molecule has 11 heteroatoms. The van der Waals surface area contributed by atoms with Gasteiger partial charge in [-0.1, -0.05) is 13.8 Å². The van der Waals surface area contributed by atoms with E-state index in [9.17, 15) is 9.59 Å². The van der Waals surface area contributed by atoms with E-state index in [2.05, 4.69) is 44.9 Å². The minimum absolute atomic E-state index is 0.0122. The summed E-state index contributed by atoms with van der Waals surface area (Å²) < 4.78 is 12.6. The molecule has 3 aromatic heterocycles. The van der Waals surface area contributed by atoms with Crippen molar-refractivity contribution in [1.29, 1.82) is 0 Å². The number of carbonyl (C=O) groups excluding carboxylic acids is 2. The van der Waals surface area contributed by atoms with Crippen molar-refractivity contribution in [1.82, 2.24) is 30.2 Å². The number of nitrogens with zero attached hydrogens (tertiary/aromatic N) is 4. The van der Waals surface area contributed by atoms with Crippen LogP contribution in [0.3, 0.4) is 0 Å². The molecular weight excluding hydrogens is 522 g/mol. The molecule has 41 heavy (non-hydrogen) atoms. The predicted octanol–water partition coefficient (Wildman–Crippen LogP) is 3.35. The van der Waals surface area contributed by atoms with Crippen molar-refractivity contribution in [3.05, 3.63) is 42.6 Å². The maximum atomic E-state index is 12.9. The Hall–Kier alpha value is -3.41. The summed E-state index contributed by atoms with van der Waals surface area (Å²) in [6, 6.07) is 6.29. The number of hydrogen-bond acceptors (Lipinski definition) is 8. The minimum Gasteiger partial charge on any atom is -0.381 e. The molecule has 0 radical (unpaired) electrons. The lowest BCUT2D eigenvalue weighted by Gasteiger charge is -2.37. The number of carbonyl (C=O) groups is 2. The Kier molecular flexibility index (Phi) is 9.92. The molecule has 2 aliphatic rings. The summed E-state index contributed by atoms with van der Waals surface area (Å²) >= 11 is 0. The van der Waals surface area contributed by atoms with E-state index in [0.717, 1.165) is 55.2 Å². The molecule has 4 heterocycles. The third-order valence-electron chi connectivity index (χ3n) is 7.92. The first kappa shape index (κ1) is 29.1. The molecule has 0 spiro atoms. The molecule has 3 N–H and O–H groups in total. The third kappa shape index (κ3) is 7.66. The average molecular weight is 564 g/mol. The van der Waals surface area contributed by atoms with Crippen molar-refractivity contribution in [3.8, 4) is 11.1 Å². The number of nitrogens with one attached hydrogen (secondary N) is 3. The number of rotatable bonds is 13. The van der Waals surface area contributed by atoms with Crippen molar-refractivity contribution in [2.24, 2.45) is 11.8 Å². The largest absolute Gasteiger partial charge is 0.381 e. The Morgan fingerprint density at radius 2 is 1.85 bits per heavy atom. The molecule has 5 rings (SSSR count). The highest BCUT2D eigenvalue weighted by atomic mass is 16.5. The van der Waals surface area contributed by atoms with Crippen molar-refractivity contribution < 1.29 is 19.1 Å². The van der Waals surface area contributed by atoms with Crippen molar-refractivity contribution in [3.63, 3.8) is 0 Å². The van der Waals surface area contributed by atoms with Gasteiger partial charge < -0.3 is 25.4 Å². The van der Waals surface area contributed by atoms with Gasteiger partial charge in [0.2, 0.25) is 11.8 Å².